The van der Waals surface area contributed by atoms with Crippen molar-refractivity contribution in [3.8, 4) is 10.4 Å². The van der Waals surface area contributed by atoms with Crippen LogP contribution in [-0.4, -0.2) is 41.3 Å². The molecule has 3 aromatic rings. The van der Waals surface area contributed by atoms with Crippen LogP contribution in [0.25, 0.3) is 10.4 Å². The number of aromatic nitrogens is 1. The summed E-state index contributed by atoms with van der Waals surface area (Å²) < 4.78 is 0. The Labute approximate surface area is 193 Å². The Balaban J connectivity index is 1.48. The summed E-state index contributed by atoms with van der Waals surface area (Å²) in [6, 6.07) is 16.5. The molecule has 32 heavy (non-hydrogen) atoms. The molecule has 1 aromatic carbocycles. The molecule has 166 valence electrons. The lowest BCUT2D eigenvalue weighted by Gasteiger charge is -2.41. The van der Waals surface area contributed by atoms with Crippen LogP contribution in [-0.2, 0) is 22.4 Å². The Morgan fingerprint density at radius 1 is 1.09 bits per heavy atom. The first-order valence-electron chi connectivity index (χ1n) is 11.2. The lowest BCUT2D eigenvalue weighted by Crippen LogP contribution is -2.51. The number of nitrogens with one attached hydrogen (secondary N) is 1. The number of rotatable bonds is 7. The predicted octanol–water partition coefficient (Wildman–Crippen LogP) is 4.34. The first-order valence-corrected chi connectivity index (χ1v) is 12.1. The van der Waals surface area contributed by atoms with Crippen molar-refractivity contribution in [1.82, 2.24) is 15.2 Å². The standard InChI is InChI=1S/C26H29N3O2S/c1-2-28-25(31)26(18-20-6-3-8-22(16-20)23-9-5-15-32-23)10-13-29(14-11-26)24(30)17-21-7-4-12-27-19-21/h3-9,12,15-16,19H,2,10-11,13-14,17-18H2,1H3,(H,28,31). The molecule has 4 rings (SSSR count). The summed E-state index contributed by atoms with van der Waals surface area (Å²) in [5.74, 6) is 0.197. The molecular formula is C26H29N3O2S. The van der Waals surface area contributed by atoms with E-state index in [4.69, 9.17) is 0 Å². The number of carbonyl (C=O) groups excluding carboxylic acids is 2. The van der Waals surface area contributed by atoms with Gasteiger partial charge in [0.2, 0.25) is 11.8 Å². The Hall–Kier alpha value is -2.99. The SMILES string of the molecule is CCNC(=O)C1(Cc2cccc(-c3cccs3)c2)CCN(C(=O)Cc2cccnc2)CC1. The molecule has 1 saturated heterocycles. The maximum absolute atomic E-state index is 13.2. The summed E-state index contributed by atoms with van der Waals surface area (Å²) in [7, 11) is 0. The van der Waals surface area contributed by atoms with Gasteiger partial charge in [-0.25, -0.2) is 0 Å². The Kier molecular flexibility index (Phi) is 7.00. The Bertz CT molecular complexity index is 1040. The van der Waals surface area contributed by atoms with Crippen LogP contribution in [0.5, 0.6) is 0 Å². The summed E-state index contributed by atoms with van der Waals surface area (Å²) in [5, 5.41) is 5.13. The average Bonchev–Trinajstić information content (AvgIpc) is 3.36. The van der Waals surface area contributed by atoms with E-state index in [9.17, 15) is 9.59 Å². The molecule has 3 heterocycles. The highest BCUT2D eigenvalue weighted by Gasteiger charge is 2.42. The van der Waals surface area contributed by atoms with Gasteiger partial charge < -0.3 is 10.2 Å². The number of hydrogen-bond acceptors (Lipinski definition) is 4. The normalized spacial score (nSPS) is 15.3. The molecule has 0 radical (unpaired) electrons. The fraction of sp³-hybridized carbons (Fsp3) is 0.346. The minimum atomic E-state index is -0.491. The smallest absolute Gasteiger partial charge is 0.227 e. The van der Waals surface area contributed by atoms with Gasteiger partial charge in [0, 0.05) is 36.9 Å². The van der Waals surface area contributed by atoms with Crippen molar-refractivity contribution in [2.75, 3.05) is 19.6 Å². The highest BCUT2D eigenvalue weighted by Crippen LogP contribution is 2.37. The molecule has 0 saturated carbocycles. The minimum absolute atomic E-state index is 0.0980. The number of hydrogen-bond donors (Lipinski definition) is 1. The lowest BCUT2D eigenvalue weighted by molar-refractivity contribution is -0.140. The van der Waals surface area contributed by atoms with Crippen LogP contribution in [0.15, 0.2) is 66.3 Å². The first-order chi connectivity index (χ1) is 15.6. The van der Waals surface area contributed by atoms with Crippen molar-refractivity contribution < 1.29 is 9.59 Å². The van der Waals surface area contributed by atoms with Crippen LogP contribution < -0.4 is 5.32 Å². The highest BCUT2D eigenvalue weighted by molar-refractivity contribution is 7.13. The third-order valence-corrected chi connectivity index (χ3v) is 7.16. The number of benzene rings is 1. The van der Waals surface area contributed by atoms with Gasteiger partial charge in [-0.3, -0.25) is 14.6 Å². The Morgan fingerprint density at radius 3 is 2.59 bits per heavy atom. The highest BCUT2D eigenvalue weighted by atomic mass is 32.1. The van der Waals surface area contributed by atoms with Crippen LogP contribution in [0.4, 0.5) is 0 Å². The quantitative estimate of drug-likeness (QED) is 0.586. The fourth-order valence-corrected chi connectivity index (χ4v) is 5.20. The van der Waals surface area contributed by atoms with Gasteiger partial charge in [0.05, 0.1) is 11.8 Å². The van der Waals surface area contributed by atoms with Gasteiger partial charge in [-0.05, 0) is 60.4 Å². The van der Waals surface area contributed by atoms with Gasteiger partial charge in [-0.2, -0.15) is 0 Å². The molecule has 1 aliphatic heterocycles. The number of nitrogens with zero attached hydrogens (tertiary/aromatic N) is 2. The fourth-order valence-electron chi connectivity index (χ4n) is 4.47. The number of likely N-dealkylation sites (tertiary alicyclic amines) is 1. The van der Waals surface area contributed by atoms with Crippen molar-refractivity contribution in [1.29, 1.82) is 0 Å². The van der Waals surface area contributed by atoms with Crippen LogP contribution in [0.1, 0.15) is 30.9 Å². The summed E-state index contributed by atoms with van der Waals surface area (Å²) >= 11 is 1.72. The van der Waals surface area contributed by atoms with Gasteiger partial charge in [-0.15, -0.1) is 11.3 Å². The second kappa shape index (κ2) is 10.1. The zero-order valence-electron chi connectivity index (χ0n) is 18.4. The van der Waals surface area contributed by atoms with Crippen LogP contribution >= 0.6 is 11.3 Å². The van der Waals surface area contributed by atoms with Gasteiger partial charge in [0.15, 0.2) is 0 Å². The molecular weight excluding hydrogens is 418 g/mol. The van der Waals surface area contributed by atoms with Gasteiger partial charge in [0.1, 0.15) is 0 Å². The summed E-state index contributed by atoms with van der Waals surface area (Å²) in [6.45, 7) is 3.76. The van der Waals surface area contributed by atoms with E-state index in [0.29, 0.717) is 45.3 Å². The second-order valence-corrected chi connectivity index (χ2v) is 9.36. The molecule has 0 unspecified atom stereocenters. The average molecular weight is 448 g/mol. The van der Waals surface area contributed by atoms with E-state index in [1.807, 2.05) is 24.0 Å². The van der Waals surface area contributed by atoms with Crippen LogP contribution in [0.2, 0.25) is 0 Å². The number of carbonyl (C=O) groups is 2. The topological polar surface area (TPSA) is 62.3 Å². The zero-order chi connectivity index (χ0) is 22.4. The number of thiophene rings is 1. The molecule has 1 aliphatic rings. The van der Waals surface area contributed by atoms with E-state index in [1.54, 1.807) is 23.7 Å². The van der Waals surface area contributed by atoms with Gasteiger partial charge in [0.25, 0.3) is 0 Å². The summed E-state index contributed by atoms with van der Waals surface area (Å²) in [4.78, 5) is 33.2. The zero-order valence-corrected chi connectivity index (χ0v) is 19.2. The molecule has 1 N–H and O–H groups in total. The van der Waals surface area contributed by atoms with Crippen molar-refractivity contribution in [3.63, 3.8) is 0 Å². The van der Waals surface area contributed by atoms with E-state index < -0.39 is 5.41 Å². The molecule has 1 fully saturated rings. The van der Waals surface area contributed by atoms with Crippen molar-refractivity contribution >= 4 is 23.2 Å². The minimum Gasteiger partial charge on any atom is -0.356 e. The molecule has 0 spiro atoms. The maximum Gasteiger partial charge on any atom is 0.227 e. The lowest BCUT2D eigenvalue weighted by atomic mass is 9.72. The molecule has 0 atom stereocenters. The first kappa shape index (κ1) is 22.2. The number of piperidine rings is 1. The largest absolute Gasteiger partial charge is 0.356 e. The van der Waals surface area contributed by atoms with E-state index in [1.165, 1.54) is 10.4 Å². The molecule has 5 nitrogen and oxygen atoms in total. The molecule has 0 bridgehead atoms. The van der Waals surface area contributed by atoms with Crippen molar-refractivity contribution in [2.24, 2.45) is 5.41 Å². The summed E-state index contributed by atoms with van der Waals surface area (Å²) in [6.07, 6.45) is 5.82. The van der Waals surface area contributed by atoms with Crippen LogP contribution in [0, 0.1) is 5.41 Å². The van der Waals surface area contributed by atoms with E-state index in [2.05, 4.69) is 52.1 Å². The number of amides is 2. The Morgan fingerprint density at radius 2 is 1.91 bits per heavy atom. The molecule has 0 aliphatic carbocycles. The number of pyridine rings is 1. The third kappa shape index (κ3) is 5.07. The van der Waals surface area contributed by atoms with E-state index in [-0.39, 0.29) is 11.8 Å². The van der Waals surface area contributed by atoms with Gasteiger partial charge in [-0.1, -0.05) is 36.4 Å². The maximum atomic E-state index is 13.2. The van der Waals surface area contributed by atoms with Crippen molar-refractivity contribution in [2.45, 2.75) is 32.6 Å². The van der Waals surface area contributed by atoms with Crippen molar-refractivity contribution in [3.05, 3.63) is 77.4 Å². The summed E-state index contributed by atoms with van der Waals surface area (Å²) in [5.41, 5.74) is 2.78. The molecule has 2 aromatic heterocycles. The molecule has 2 amide bonds. The predicted molar refractivity (Wildman–Crippen MR) is 128 cm³/mol. The van der Waals surface area contributed by atoms with E-state index >= 15 is 0 Å². The van der Waals surface area contributed by atoms with E-state index in [0.717, 1.165) is 11.1 Å². The molecule has 6 heteroatoms. The third-order valence-electron chi connectivity index (χ3n) is 6.25. The second-order valence-electron chi connectivity index (χ2n) is 8.41. The monoisotopic (exact) mass is 447 g/mol. The van der Waals surface area contributed by atoms with Crippen LogP contribution in [0.3, 0.4) is 0 Å². The van der Waals surface area contributed by atoms with Gasteiger partial charge >= 0.3 is 0 Å².